The monoisotopic (exact) mass is 444 g/mol. The molecule has 0 saturated heterocycles. The van der Waals surface area contributed by atoms with Gasteiger partial charge in [0.25, 0.3) is 0 Å². The van der Waals surface area contributed by atoms with Gasteiger partial charge < -0.3 is 9.47 Å². The van der Waals surface area contributed by atoms with Gasteiger partial charge in [-0.3, -0.25) is 0 Å². The van der Waals surface area contributed by atoms with Gasteiger partial charge in [0.15, 0.2) is 6.61 Å². The molecule has 3 aromatic rings. The maximum atomic E-state index is 12.7. The molecule has 1 unspecified atom stereocenters. The minimum absolute atomic E-state index is 0.0868. The van der Waals surface area contributed by atoms with Crippen LogP contribution >= 0.6 is 10.9 Å². The summed E-state index contributed by atoms with van der Waals surface area (Å²) >= 11 is 0. The molecule has 0 fully saturated rings. The molecule has 1 aliphatic heterocycles. The highest BCUT2D eigenvalue weighted by Crippen LogP contribution is 2.54. The number of hydrogen-bond donors (Lipinski definition) is 1. The minimum Gasteiger partial charge on any atom is -0.481 e. The van der Waals surface area contributed by atoms with Gasteiger partial charge in [-0.05, 0) is 82.0 Å². The average molecular weight is 445 g/mol. The number of allylic oxidation sites excluding steroid dienone is 4. The fraction of sp³-hybridized carbons (Fsp3) is 0.250. The first-order valence-electron chi connectivity index (χ1n) is 11.0. The van der Waals surface area contributed by atoms with Gasteiger partial charge in [-0.1, -0.05) is 48.6 Å². The third-order valence-electron chi connectivity index (χ3n) is 6.36. The van der Waals surface area contributed by atoms with Crippen molar-refractivity contribution in [1.29, 1.82) is 0 Å². The summed E-state index contributed by atoms with van der Waals surface area (Å²) in [6, 6.07) is 16.9. The van der Waals surface area contributed by atoms with Crippen molar-refractivity contribution in [2.24, 2.45) is 0 Å². The van der Waals surface area contributed by atoms with Crippen LogP contribution in [-0.4, -0.2) is 12.6 Å². The Morgan fingerprint density at radius 2 is 1.62 bits per heavy atom. The molecular formula is C28H28O3S. The minimum atomic E-state index is -0.402. The second-order valence-corrected chi connectivity index (χ2v) is 11.3. The molecule has 0 saturated carbocycles. The maximum Gasteiger partial charge on any atom is 0.344 e. The summed E-state index contributed by atoms with van der Waals surface area (Å²) in [5.41, 5.74) is 4.44. The van der Waals surface area contributed by atoms with E-state index in [0.717, 1.165) is 28.9 Å². The fourth-order valence-electron chi connectivity index (χ4n) is 4.99. The largest absolute Gasteiger partial charge is 0.481 e. The van der Waals surface area contributed by atoms with Gasteiger partial charge in [0.2, 0.25) is 0 Å². The first kappa shape index (κ1) is 20.9. The molecule has 164 valence electrons. The highest BCUT2D eigenvalue weighted by molar-refractivity contribution is 8.23. The zero-order valence-electron chi connectivity index (χ0n) is 18.9. The molecule has 3 nitrogen and oxygen atoms in total. The summed E-state index contributed by atoms with van der Waals surface area (Å²) in [6.45, 7) is 8.41. The lowest BCUT2D eigenvalue weighted by Crippen LogP contribution is -2.18. The zero-order chi connectivity index (χ0) is 22.4. The molecule has 0 radical (unpaired) electrons. The molecular weight excluding hydrogens is 416 g/mol. The normalized spacial score (nSPS) is 18.0. The number of esters is 1. The summed E-state index contributed by atoms with van der Waals surface area (Å²) < 4.78 is 11.8. The van der Waals surface area contributed by atoms with E-state index >= 15 is 0 Å². The first-order chi connectivity index (χ1) is 15.4. The SMILES string of the molecule is CC1=CC=C(C)[SH]1c1cc(C)c(OCC(=O)OC2Cc3cccc4cccc2c34)c(C)c1. The van der Waals surface area contributed by atoms with E-state index < -0.39 is 10.9 Å². The molecule has 0 bridgehead atoms. The van der Waals surface area contributed by atoms with Crippen molar-refractivity contribution >= 4 is 27.6 Å². The van der Waals surface area contributed by atoms with Crippen molar-refractivity contribution in [2.45, 2.75) is 45.1 Å². The van der Waals surface area contributed by atoms with E-state index in [9.17, 15) is 4.79 Å². The zero-order valence-corrected chi connectivity index (χ0v) is 19.8. The van der Waals surface area contributed by atoms with Crippen LogP contribution in [0.3, 0.4) is 0 Å². The Kier molecular flexibility index (Phi) is 5.34. The predicted octanol–water partition coefficient (Wildman–Crippen LogP) is 6.86. The van der Waals surface area contributed by atoms with Gasteiger partial charge in [-0.15, -0.1) is 0 Å². The molecule has 32 heavy (non-hydrogen) atoms. The van der Waals surface area contributed by atoms with E-state index in [1.807, 2.05) is 6.07 Å². The van der Waals surface area contributed by atoms with Crippen molar-refractivity contribution in [3.05, 3.63) is 92.7 Å². The molecule has 0 N–H and O–H groups in total. The molecule has 4 heteroatoms. The van der Waals surface area contributed by atoms with Crippen LogP contribution in [0.1, 0.15) is 42.2 Å². The van der Waals surface area contributed by atoms with Crippen molar-refractivity contribution in [1.82, 2.24) is 0 Å². The second-order valence-electron chi connectivity index (χ2n) is 8.69. The van der Waals surface area contributed by atoms with Crippen molar-refractivity contribution in [2.75, 3.05) is 6.61 Å². The van der Waals surface area contributed by atoms with Crippen molar-refractivity contribution in [3.63, 3.8) is 0 Å². The number of carbonyl (C=O) groups is 1. The highest BCUT2D eigenvalue weighted by atomic mass is 32.2. The fourth-order valence-corrected chi connectivity index (χ4v) is 7.45. The number of thiol groups is 1. The molecule has 1 heterocycles. The van der Waals surface area contributed by atoms with E-state index in [-0.39, 0.29) is 18.7 Å². The van der Waals surface area contributed by atoms with E-state index in [4.69, 9.17) is 9.47 Å². The lowest BCUT2D eigenvalue weighted by Gasteiger charge is -2.23. The Bertz CT molecular complexity index is 1260. The standard InChI is InChI=1S/C28H28O3S/c1-17-13-23(32-19(3)11-12-20(32)4)14-18(2)28(17)30-16-26(29)31-25-15-22-9-5-7-21-8-6-10-24(25)27(21)22/h5-14,25,32H,15-16H2,1-4H3. The van der Waals surface area contributed by atoms with Crippen molar-refractivity contribution in [3.8, 4) is 5.75 Å². The molecule has 3 aromatic carbocycles. The van der Waals surface area contributed by atoms with Gasteiger partial charge in [-0.25, -0.2) is 4.79 Å². The summed E-state index contributed by atoms with van der Waals surface area (Å²) in [5.74, 6) is 0.445. The van der Waals surface area contributed by atoms with Gasteiger partial charge in [0.05, 0.1) is 0 Å². The Morgan fingerprint density at radius 3 is 2.31 bits per heavy atom. The number of aryl methyl sites for hydroxylation is 2. The Balaban J connectivity index is 1.28. The average Bonchev–Trinajstić information content (AvgIpc) is 3.28. The Labute approximate surface area is 192 Å². The molecule has 0 aromatic heterocycles. The van der Waals surface area contributed by atoms with Crippen LogP contribution in [0.5, 0.6) is 5.75 Å². The third-order valence-corrected chi connectivity index (χ3v) is 8.84. The van der Waals surface area contributed by atoms with E-state index in [2.05, 4.69) is 82.3 Å². The molecule has 1 aliphatic carbocycles. The van der Waals surface area contributed by atoms with E-state index in [1.165, 1.54) is 31.0 Å². The van der Waals surface area contributed by atoms with Crippen LogP contribution in [0.2, 0.25) is 0 Å². The number of carbonyl (C=O) groups excluding carboxylic acids is 1. The summed E-state index contributed by atoms with van der Waals surface area (Å²) in [5, 5.41) is 2.42. The van der Waals surface area contributed by atoms with Crippen LogP contribution in [-0.2, 0) is 16.0 Å². The molecule has 0 amide bonds. The van der Waals surface area contributed by atoms with Gasteiger partial charge in [0, 0.05) is 12.0 Å². The highest BCUT2D eigenvalue weighted by Gasteiger charge is 2.27. The first-order valence-corrected chi connectivity index (χ1v) is 12.4. The van der Waals surface area contributed by atoms with Crippen LogP contribution < -0.4 is 4.74 Å². The number of ether oxygens (including phenoxy) is 2. The Hall–Kier alpha value is -2.98. The lowest BCUT2D eigenvalue weighted by molar-refractivity contribution is -0.151. The van der Waals surface area contributed by atoms with E-state index in [1.54, 1.807) is 0 Å². The van der Waals surface area contributed by atoms with E-state index in [0.29, 0.717) is 0 Å². The summed E-state index contributed by atoms with van der Waals surface area (Å²) in [7, 11) is -0.402. The van der Waals surface area contributed by atoms with Crippen LogP contribution in [0.15, 0.2) is 75.4 Å². The summed E-state index contributed by atoms with van der Waals surface area (Å²) in [6.07, 6.45) is 4.91. The molecule has 0 spiro atoms. The van der Waals surface area contributed by atoms with Crippen LogP contribution in [0, 0.1) is 13.8 Å². The Morgan fingerprint density at radius 1 is 0.969 bits per heavy atom. The van der Waals surface area contributed by atoms with Crippen LogP contribution in [0.25, 0.3) is 10.8 Å². The number of rotatable bonds is 5. The number of hydrogen-bond acceptors (Lipinski definition) is 3. The maximum absolute atomic E-state index is 12.7. The topological polar surface area (TPSA) is 35.5 Å². The molecule has 2 aliphatic rings. The van der Waals surface area contributed by atoms with Gasteiger partial charge in [0.1, 0.15) is 11.9 Å². The predicted molar refractivity (Wildman–Crippen MR) is 133 cm³/mol. The number of benzene rings is 3. The van der Waals surface area contributed by atoms with Crippen LogP contribution in [0.4, 0.5) is 0 Å². The second kappa shape index (κ2) is 8.18. The molecule has 1 atom stereocenters. The smallest absolute Gasteiger partial charge is 0.344 e. The van der Waals surface area contributed by atoms with Gasteiger partial charge in [-0.2, -0.15) is 10.9 Å². The summed E-state index contributed by atoms with van der Waals surface area (Å²) in [4.78, 5) is 16.8. The quantitative estimate of drug-likeness (QED) is 0.345. The third kappa shape index (κ3) is 3.63. The lowest BCUT2D eigenvalue weighted by atomic mass is 10.1. The van der Waals surface area contributed by atoms with Gasteiger partial charge >= 0.3 is 5.97 Å². The molecule has 5 rings (SSSR count). The van der Waals surface area contributed by atoms with Crippen molar-refractivity contribution < 1.29 is 14.3 Å².